The molecule has 5 atom stereocenters. The summed E-state index contributed by atoms with van der Waals surface area (Å²) in [6.07, 6.45) is 0.442. The number of hydrogen-bond acceptors (Lipinski definition) is 6. The van der Waals surface area contributed by atoms with Gasteiger partial charge in [0.1, 0.15) is 29.5 Å². The molecule has 0 bridgehead atoms. The molecule has 1 saturated carbocycles. The molecule has 4 aliphatic rings. The van der Waals surface area contributed by atoms with E-state index in [9.17, 15) is 27.6 Å². The smallest absolute Gasteiger partial charge is 0.248 e. The Hall–Kier alpha value is -3.58. The SMILES string of the molecule is CC[C@H](NC)C(=O)N[C@H](C(=O)N1C[C@@H]2Cc3cc(Cl)ccc3N2C[C@H]1C(=O)N[C@@H]1CCOc2cc(F)cc(F)c21)C1CCC(F)(F)CC1. The van der Waals surface area contributed by atoms with Crippen LogP contribution in [-0.4, -0.2) is 79.5 Å². The molecule has 48 heavy (non-hydrogen) atoms. The molecule has 6 rings (SSSR count). The van der Waals surface area contributed by atoms with Crippen molar-refractivity contribution in [2.45, 2.75) is 88.0 Å². The number of hydrogen-bond donors (Lipinski definition) is 3. The fourth-order valence-corrected chi connectivity index (χ4v) is 7.86. The monoisotopic (exact) mass is 693 g/mol. The number of nitrogens with zero attached hydrogens (tertiary/aromatic N) is 2. The summed E-state index contributed by atoms with van der Waals surface area (Å²) in [4.78, 5) is 45.7. The maximum absolute atomic E-state index is 15.0. The lowest BCUT2D eigenvalue weighted by atomic mass is 9.81. The number of benzene rings is 2. The number of nitrogens with one attached hydrogen (secondary N) is 3. The van der Waals surface area contributed by atoms with Crippen molar-refractivity contribution in [3.05, 3.63) is 58.1 Å². The minimum Gasteiger partial charge on any atom is -0.493 e. The van der Waals surface area contributed by atoms with Gasteiger partial charge in [-0.2, -0.15) is 0 Å². The Kier molecular flexibility index (Phi) is 9.81. The molecule has 9 nitrogen and oxygen atoms in total. The maximum Gasteiger partial charge on any atom is 0.248 e. The molecule has 3 heterocycles. The second kappa shape index (κ2) is 13.7. The van der Waals surface area contributed by atoms with Crippen molar-refractivity contribution in [2.24, 2.45) is 5.92 Å². The number of anilines is 1. The third-order valence-electron chi connectivity index (χ3n) is 10.2. The Morgan fingerprint density at radius 1 is 1.08 bits per heavy atom. The van der Waals surface area contributed by atoms with Gasteiger partial charge in [0.05, 0.1) is 30.3 Å². The molecule has 1 aliphatic carbocycles. The number of carbonyl (C=O) groups excluding carboxylic acids is 3. The van der Waals surface area contributed by atoms with E-state index in [0.717, 1.165) is 23.4 Å². The molecular weight excluding hydrogens is 654 g/mol. The molecule has 260 valence electrons. The minimum atomic E-state index is -2.85. The summed E-state index contributed by atoms with van der Waals surface area (Å²) >= 11 is 6.29. The Morgan fingerprint density at radius 3 is 2.54 bits per heavy atom. The Bertz CT molecular complexity index is 1570. The van der Waals surface area contributed by atoms with Crippen molar-refractivity contribution in [3.8, 4) is 5.75 Å². The predicted molar refractivity (Wildman–Crippen MR) is 171 cm³/mol. The van der Waals surface area contributed by atoms with Crippen LogP contribution in [0.25, 0.3) is 0 Å². The van der Waals surface area contributed by atoms with Gasteiger partial charge in [-0.25, -0.2) is 17.6 Å². The van der Waals surface area contributed by atoms with Crippen LogP contribution in [0.3, 0.4) is 0 Å². The molecule has 1 saturated heterocycles. The Labute approximate surface area is 281 Å². The van der Waals surface area contributed by atoms with E-state index in [1.807, 2.05) is 19.1 Å². The highest BCUT2D eigenvalue weighted by molar-refractivity contribution is 6.30. The highest BCUT2D eigenvalue weighted by atomic mass is 35.5. The van der Waals surface area contributed by atoms with Crippen LogP contribution < -0.4 is 25.6 Å². The van der Waals surface area contributed by atoms with Gasteiger partial charge in [0.15, 0.2) is 0 Å². The van der Waals surface area contributed by atoms with Gasteiger partial charge in [0, 0.05) is 55.2 Å². The average Bonchev–Trinajstić information content (AvgIpc) is 3.39. The molecule has 3 amide bonds. The highest BCUT2D eigenvalue weighted by Crippen LogP contribution is 2.41. The van der Waals surface area contributed by atoms with Gasteiger partial charge in [-0.15, -0.1) is 0 Å². The number of ether oxygens (including phenoxy) is 1. The number of rotatable bonds is 8. The number of piperazine rings is 1. The molecular formula is C34H40ClF4N5O4. The molecule has 2 aromatic rings. The van der Waals surface area contributed by atoms with E-state index in [1.54, 1.807) is 13.1 Å². The van der Waals surface area contributed by atoms with Crippen molar-refractivity contribution in [3.63, 3.8) is 0 Å². The number of fused-ring (bicyclic) bond motifs is 4. The van der Waals surface area contributed by atoms with E-state index < -0.39 is 78.2 Å². The third kappa shape index (κ3) is 6.80. The summed E-state index contributed by atoms with van der Waals surface area (Å²) in [6.45, 7) is 2.14. The maximum atomic E-state index is 15.0. The lowest BCUT2D eigenvalue weighted by Crippen LogP contribution is -2.67. The zero-order valence-electron chi connectivity index (χ0n) is 26.8. The van der Waals surface area contributed by atoms with E-state index in [4.69, 9.17) is 16.3 Å². The largest absolute Gasteiger partial charge is 0.493 e. The predicted octanol–water partition coefficient (Wildman–Crippen LogP) is 4.51. The van der Waals surface area contributed by atoms with Gasteiger partial charge < -0.3 is 30.5 Å². The molecule has 2 fully saturated rings. The van der Waals surface area contributed by atoms with E-state index in [1.165, 1.54) is 4.90 Å². The van der Waals surface area contributed by atoms with Crippen LogP contribution in [0.1, 0.15) is 62.6 Å². The molecule has 3 N–H and O–H groups in total. The van der Waals surface area contributed by atoms with Crippen LogP contribution >= 0.6 is 11.6 Å². The molecule has 0 spiro atoms. The quantitative estimate of drug-likeness (QED) is 0.352. The van der Waals surface area contributed by atoms with Crippen LogP contribution in [0, 0.1) is 17.6 Å². The van der Waals surface area contributed by atoms with Crippen LogP contribution in [0.15, 0.2) is 30.3 Å². The number of alkyl halides is 2. The van der Waals surface area contributed by atoms with E-state index in [2.05, 4.69) is 20.9 Å². The highest BCUT2D eigenvalue weighted by Gasteiger charge is 2.48. The summed E-state index contributed by atoms with van der Waals surface area (Å²) in [7, 11) is 1.63. The fraction of sp³-hybridized carbons (Fsp3) is 0.559. The average molecular weight is 694 g/mol. The summed E-state index contributed by atoms with van der Waals surface area (Å²) < 4.78 is 62.9. The normalized spacial score (nSPS) is 24.4. The third-order valence-corrected chi connectivity index (χ3v) is 10.5. The summed E-state index contributed by atoms with van der Waals surface area (Å²) in [6, 6.07) is 3.40. The van der Waals surface area contributed by atoms with E-state index in [-0.39, 0.29) is 56.3 Å². The van der Waals surface area contributed by atoms with Crippen LogP contribution in [0.2, 0.25) is 5.02 Å². The first kappa shape index (κ1) is 34.3. The lowest BCUT2D eigenvalue weighted by molar-refractivity contribution is -0.147. The van der Waals surface area contributed by atoms with Crippen LogP contribution in [0.4, 0.5) is 23.2 Å². The summed E-state index contributed by atoms with van der Waals surface area (Å²) in [5.74, 6) is -6.61. The van der Waals surface area contributed by atoms with Gasteiger partial charge in [-0.3, -0.25) is 14.4 Å². The number of likely N-dealkylation sites (N-methyl/N-ethyl adjacent to an activating group) is 1. The Morgan fingerprint density at radius 2 is 1.83 bits per heavy atom. The van der Waals surface area contributed by atoms with E-state index >= 15 is 4.39 Å². The lowest BCUT2D eigenvalue weighted by Gasteiger charge is -2.46. The molecule has 0 radical (unpaired) electrons. The van der Waals surface area contributed by atoms with Crippen molar-refractivity contribution < 1.29 is 36.7 Å². The van der Waals surface area contributed by atoms with Gasteiger partial charge in [0.25, 0.3) is 0 Å². The zero-order chi connectivity index (χ0) is 34.3. The first-order valence-electron chi connectivity index (χ1n) is 16.5. The van der Waals surface area contributed by atoms with Gasteiger partial charge in [-0.1, -0.05) is 18.5 Å². The van der Waals surface area contributed by atoms with Gasteiger partial charge in [0.2, 0.25) is 23.6 Å². The summed E-state index contributed by atoms with van der Waals surface area (Å²) in [5, 5.41) is 9.23. The molecule has 0 unspecified atom stereocenters. The first-order chi connectivity index (χ1) is 22.9. The van der Waals surface area contributed by atoms with Crippen molar-refractivity contribution in [2.75, 3.05) is 31.6 Å². The second-order valence-electron chi connectivity index (χ2n) is 13.2. The Balaban J connectivity index is 1.33. The van der Waals surface area contributed by atoms with Crippen molar-refractivity contribution >= 4 is 35.0 Å². The van der Waals surface area contributed by atoms with Crippen molar-refractivity contribution in [1.82, 2.24) is 20.9 Å². The minimum absolute atomic E-state index is 0.00192. The van der Waals surface area contributed by atoms with Gasteiger partial charge in [-0.05, 0) is 62.4 Å². The number of carbonyl (C=O) groups is 3. The molecule has 14 heteroatoms. The molecule has 0 aromatic heterocycles. The van der Waals surface area contributed by atoms with E-state index in [0.29, 0.717) is 17.9 Å². The van der Waals surface area contributed by atoms with Gasteiger partial charge >= 0.3 is 0 Å². The second-order valence-corrected chi connectivity index (χ2v) is 13.7. The standard InChI is InChI=1S/C34H40ClF4N5O4/c1-3-24(40-2)31(45)42-30(18-6-9-34(38,39)10-7-18)33(47)44-16-22-13-19-12-20(35)4-5-26(19)43(22)17-27(44)32(46)41-25-8-11-48-28-15-21(36)14-23(37)29(25)28/h4-5,12,14-15,18,22,24-25,27,30,40H,3,6-11,13,16-17H2,1-2H3,(H,41,46)(H,42,45)/t22-,24-,25+,27-,30-/m0/s1. The molecule has 3 aliphatic heterocycles. The topological polar surface area (TPSA) is 103 Å². The molecule has 2 aromatic carbocycles. The van der Waals surface area contributed by atoms with Crippen molar-refractivity contribution in [1.29, 1.82) is 0 Å². The van der Waals surface area contributed by atoms with Crippen LogP contribution in [-0.2, 0) is 20.8 Å². The summed E-state index contributed by atoms with van der Waals surface area (Å²) in [5.41, 5.74) is 1.86. The number of amides is 3. The number of halogens is 5. The fourth-order valence-electron chi connectivity index (χ4n) is 7.67. The first-order valence-corrected chi connectivity index (χ1v) is 16.9. The zero-order valence-corrected chi connectivity index (χ0v) is 27.6. The van der Waals surface area contributed by atoms with Crippen LogP contribution in [0.5, 0.6) is 5.75 Å².